The number of para-hydroxylation sites is 2. The fraction of sp³-hybridized carbons (Fsp3) is 0.286. The minimum absolute atomic E-state index is 0.0905. The van der Waals surface area contributed by atoms with Crippen LogP contribution in [-0.4, -0.2) is 38.8 Å². The summed E-state index contributed by atoms with van der Waals surface area (Å²) in [6.07, 6.45) is -0.675. The molecule has 0 aliphatic carbocycles. The van der Waals surface area contributed by atoms with Crippen LogP contribution in [0.25, 0.3) is 43.6 Å². The molecule has 180 valence electrons. The van der Waals surface area contributed by atoms with Crippen molar-refractivity contribution in [2.45, 2.75) is 37.9 Å². The van der Waals surface area contributed by atoms with Crippen LogP contribution in [0, 0.1) is 5.92 Å². The van der Waals surface area contributed by atoms with E-state index in [1.54, 1.807) is 6.92 Å². The van der Waals surface area contributed by atoms with Crippen LogP contribution in [-0.2, 0) is 26.5 Å². The third-order valence-corrected chi connectivity index (χ3v) is 8.84. The van der Waals surface area contributed by atoms with E-state index in [1.165, 1.54) is 7.11 Å². The van der Waals surface area contributed by atoms with Gasteiger partial charge in [0, 0.05) is 34.0 Å². The predicted octanol–water partition coefficient (Wildman–Crippen LogP) is 3.90. The number of amides is 1. The second-order valence-electron chi connectivity index (χ2n) is 10.3. The van der Waals surface area contributed by atoms with Crippen molar-refractivity contribution in [2.24, 2.45) is 5.92 Å². The number of aliphatic hydroxyl groups is 1. The van der Waals surface area contributed by atoms with Gasteiger partial charge in [0.15, 0.2) is 5.72 Å². The van der Waals surface area contributed by atoms with E-state index in [9.17, 15) is 14.7 Å². The number of rotatable bonds is 1. The first kappa shape index (κ1) is 20.3. The van der Waals surface area contributed by atoms with Gasteiger partial charge >= 0.3 is 5.97 Å². The van der Waals surface area contributed by atoms with Crippen molar-refractivity contribution in [1.29, 1.82) is 0 Å². The van der Waals surface area contributed by atoms with E-state index in [0.29, 0.717) is 12.1 Å². The van der Waals surface area contributed by atoms with E-state index in [2.05, 4.69) is 9.88 Å². The molecular weight excluding hydrogens is 458 g/mol. The van der Waals surface area contributed by atoms with Crippen molar-refractivity contribution in [1.82, 2.24) is 14.5 Å². The Bertz CT molecular complexity index is 1870. The predicted molar refractivity (Wildman–Crippen MR) is 134 cm³/mol. The Labute approximate surface area is 205 Å². The van der Waals surface area contributed by atoms with Gasteiger partial charge < -0.3 is 29.0 Å². The van der Waals surface area contributed by atoms with E-state index >= 15 is 0 Å². The van der Waals surface area contributed by atoms with Crippen molar-refractivity contribution in [3.05, 3.63) is 59.7 Å². The number of benzene rings is 3. The zero-order valence-electron chi connectivity index (χ0n) is 20.0. The maximum atomic E-state index is 13.3. The van der Waals surface area contributed by atoms with E-state index in [1.807, 2.05) is 60.0 Å². The molecule has 1 fully saturated rings. The molecule has 8 nitrogen and oxygen atoms in total. The van der Waals surface area contributed by atoms with Crippen LogP contribution in [0.3, 0.4) is 0 Å². The molecule has 3 aromatic carbocycles. The van der Waals surface area contributed by atoms with Gasteiger partial charge in [0.25, 0.3) is 5.91 Å². The van der Waals surface area contributed by atoms with Gasteiger partial charge in [-0.1, -0.05) is 43.3 Å². The summed E-state index contributed by atoms with van der Waals surface area (Å²) < 4.78 is 16.0. The van der Waals surface area contributed by atoms with Crippen LogP contribution < -0.4 is 5.32 Å². The molecular formula is C28H23N3O5. The van der Waals surface area contributed by atoms with Gasteiger partial charge in [0.1, 0.15) is 6.23 Å². The topological polar surface area (TPSA) is 94.7 Å². The monoisotopic (exact) mass is 481 g/mol. The molecule has 0 radical (unpaired) electrons. The van der Waals surface area contributed by atoms with Gasteiger partial charge in [0.2, 0.25) is 5.60 Å². The van der Waals surface area contributed by atoms with Crippen molar-refractivity contribution in [3.63, 3.8) is 0 Å². The van der Waals surface area contributed by atoms with Gasteiger partial charge in [-0.3, -0.25) is 4.79 Å². The molecule has 0 saturated carbocycles. The average Bonchev–Trinajstić information content (AvgIpc) is 3.57. The second kappa shape index (κ2) is 6.08. The molecule has 2 N–H and O–H groups in total. The van der Waals surface area contributed by atoms with Crippen LogP contribution in [0.4, 0.5) is 0 Å². The summed E-state index contributed by atoms with van der Waals surface area (Å²) in [5.74, 6) is -1.48. The molecule has 0 spiro atoms. The lowest BCUT2D eigenvalue weighted by molar-refractivity contribution is -0.205. The minimum atomic E-state index is -1.97. The molecule has 2 aromatic heterocycles. The van der Waals surface area contributed by atoms with Crippen LogP contribution in [0.2, 0.25) is 0 Å². The van der Waals surface area contributed by atoms with Crippen LogP contribution >= 0.6 is 0 Å². The molecule has 1 saturated heterocycles. The molecule has 8 heteroatoms. The quantitative estimate of drug-likeness (QED) is 0.354. The van der Waals surface area contributed by atoms with E-state index in [4.69, 9.17) is 9.47 Å². The SMILES string of the molecule is COC(=O)[C@]1(O)[C@H](C)[C@@H]2O[C@@]1(C)n1c3ccccc3c3c4c(c5c6ccccc6n2c5c31)C(=O)NC4. The minimum Gasteiger partial charge on any atom is -0.467 e. The second-order valence-corrected chi connectivity index (χ2v) is 10.3. The summed E-state index contributed by atoms with van der Waals surface area (Å²) in [6.45, 7) is 4.00. The Hall–Kier alpha value is -3.88. The van der Waals surface area contributed by atoms with Crippen molar-refractivity contribution in [2.75, 3.05) is 7.11 Å². The highest BCUT2D eigenvalue weighted by Gasteiger charge is 2.69. The highest BCUT2D eigenvalue weighted by atomic mass is 16.6. The zero-order chi connectivity index (χ0) is 24.7. The van der Waals surface area contributed by atoms with Gasteiger partial charge in [0.05, 0.1) is 34.7 Å². The molecule has 5 heterocycles. The van der Waals surface area contributed by atoms with E-state index < -0.39 is 29.4 Å². The number of ether oxygens (including phenoxy) is 2. The molecule has 4 atom stereocenters. The van der Waals surface area contributed by atoms with Crippen molar-refractivity contribution in [3.8, 4) is 0 Å². The van der Waals surface area contributed by atoms with Gasteiger partial charge in [-0.25, -0.2) is 4.79 Å². The van der Waals surface area contributed by atoms with Gasteiger partial charge in [-0.15, -0.1) is 0 Å². The van der Waals surface area contributed by atoms with Crippen molar-refractivity contribution < 1.29 is 24.2 Å². The fourth-order valence-corrected chi connectivity index (χ4v) is 7.27. The summed E-state index contributed by atoms with van der Waals surface area (Å²) in [5.41, 5.74) is 1.60. The van der Waals surface area contributed by atoms with Gasteiger partial charge in [-0.2, -0.15) is 0 Å². The van der Waals surface area contributed by atoms with Gasteiger partial charge in [-0.05, 0) is 24.6 Å². The molecule has 0 unspecified atom stereocenters. The Morgan fingerprint density at radius 2 is 1.75 bits per heavy atom. The standard InChI is InChI=1S/C28H23N3O5/c1-13-25-30-17-10-6-4-8-14(17)20-21-16(12-29-24(21)32)19-15-9-5-7-11-18(15)31(23(19)22(20)30)27(2,36-25)28(13,34)26(33)35-3/h4-11,13,25,34H,12H2,1-3H3,(H,29,32)/t13-,25+,27-,28-/m1/s1. The summed E-state index contributed by atoms with van der Waals surface area (Å²) in [6, 6.07) is 15.8. The zero-order valence-corrected chi connectivity index (χ0v) is 20.0. The molecule has 5 aromatic rings. The number of nitrogens with one attached hydrogen (secondary N) is 1. The number of hydrogen-bond acceptors (Lipinski definition) is 5. The Balaban J connectivity index is 1.74. The molecule has 36 heavy (non-hydrogen) atoms. The third kappa shape index (κ3) is 1.86. The van der Waals surface area contributed by atoms with Crippen LogP contribution in [0.5, 0.6) is 0 Å². The number of hydrogen-bond donors (Lipinski definition) is 2. The highest BCUT2D eigenvalue weighted by Crippen LogP contribution is 2.59. The Morgan fingerprint density at radius 1 is 1.08 bits per heavy atom. The summed E-state index contributed by atoms with van der Waals surface area (Å²) >= 11 is 0. The molecule has 3 aliphatic rings. The first-order valence-electron chi connectivity index (χ1n) is 12.1. The number of esters is 1. The van der Waals surface area contributed by atoms with Crippen LogP contribution in [0.1, 0.15) is 36.0 Å². The maximum absolute atomic E-state index is 13.3. The lowest BCUT2D eigenvalue weighted by Gasteiger charge is -2.39. The lowest BCUT2D eigenvalue weighted by atomic mass is 9.81. The van der Waals surface area contributed by atoms with Crippen molar-refractivity contribution >= 4 is 55.5 Å². The highest BCUT2D eigenvalue weighted by molar-refractivity contribution is 6.31. The number of fused-ring (bicyclic) bond motifs is 13. The number of methoxy groups -OCH3 is 1. The lowest BCUT2D eigenvalue weighted by Crippen LogP contribution is -2.59. The molecule has 3 aliphatic heterocycles. The summed E-state index contributed by atoms with van der Waals surface area (Å²) in [7, 11) is 1.29. The number of carbonyl (C=O) groups is 2. The molecule has 2 bridgehead atoms. The normalized spacial score (nSPS) is 28.4. The third-order valence-electron chi connectivity index (χ3n) is 8.84. The Kier molecular flexibility index (Phi) is 3.44. The largest absolute Gasteiger partial charge is 0.467 e. The van der Waals surface area contributed by atoms with E-state index in [-0.39, 0.29) is 5.91 Å². The molecule has 8 rings (SSSR count). The average molecular weight is 482 g/mol. The smallest absolute Gasteiger partial charge is 0.343 e. The van der Waals surface area contributed by atoms with E-state index in [0.717, 1.165) is 49.2 Å². The molecule has 1 amide bonds. The summed E-state index contributed by atoms with van der Waals surface area (Å²) in [5, 5.41) is 19.0. The number of carbonyl (C=O) groups excluding carboxylic acids is 2. The first-order valence-corrected chi connectivity index (χ1v) is 12.1. The Morgan fingerprint density at radius 3 is 2.47 bits per heavy atom. The number of nitrogens with zero attached hydrogens (tertiary/aromatic N) is 2. The summed E-state index contributed by atoms with van der Waals surface area (Å²) in [4.78, 5) is 26.6. The maximum Gasteiger partial charge on any atom is 0.343 e. The fourth-order valence-electron chi connectivity index (χ4n) is 7.27. The number of aromatic nitrogens is 2. The van der Waals surface area contributed by atoms with Crippen LogP contribution in [0.15, 0.2) is 48.5 Å². The first-order chi connectivity index (χ1) is 17.3.